The van der Waals surface area contributed by atoms with Crippen molar-refractivity contribution in [3.8, 4) is 5.75 Å². The Bertz CT molecular complexity index is 764. The molecule has 0 atom stereocenters. The summed E-state index contributed by atoms with van der Waals surface area (Å²) < 4.78 is 10.2. The van der Waals surface area contributed by atoms with Crippen LogP contribution in [0.5, 0.6) is 5.75 Å². The van der Waals surface area contributed by atoms with Gasteiger partial charge in [0, 0.05) is 11.6 Å². The predicted molar refractivity (Wildman–Crippen MR) is 96.5 cm³/mol. The molecule has 0 fully saturated rings. The van der Waals surface area contributed by atoms with E-state index in [0.717, 1.165) is 11.3 Å². The van der Waals surface area contributed by atoms with E-state index in [2.05, 4.69) is 5.32 Å². The second-order valence-electron chi connectivity index (χ2n) is 5.11. The molecule has 1 amide bonds. The SMILES string of the molecule is COc1ccccc1CCNC(=O)COC(=O)c1ccc(Cl)cc1Cl. The Morgan fingerprint density at radius 3 is 2.60 bits per heavy atom. The third-order valence-electron chi connectivity index (χ3n) is 3.39. The predicted octanol–water partition coefficient (Wildman–Crippen LogP) is 3.52. The molecule has 5 nitrogen and oxygen atoms in total. The van der Waals surface area contributed by atoms with Crippen LogP contribution in [-0.4, -0.2) is 32.1 Å². The van der Waals surface area contributed by atoms with Crippen LogP contribution in [0.4, 0.5) is 0 Å². The van der Waals surface area contributed by atoms with Gasteiger partial charge in [-0.15, -0.1) is 0 Å². The Morgan fingerprint density at radius 2 is 1.88 bits per heavy atom. The van der Waals surface area contributed by atoms with Crippen molar-refractivity contribution in [3.05, 3.63) is 63.6 Å². The normalized spacial score (nSPS) is 10.2. The zero-order chi connectivity index (χ0) is 18.2. The van der Waals surface area contributed by atoms with Gasteiger partial charge in [0.25, 0.3) is 5.91 Å². The standard InChI is InChI=1S/C18H17Cl2NO4/c1-24-16-5-3-2-4-12(16)8-9-21-17(22)11-25-18(23)14-7-6-13(19)10-15(14)20/h2-7,10H,8-9,11H2,1H3,(H,21,22). The van der Waals surface area contributed by atoms with E-state index in [9.17, 15) is 9.59 Å². The molecule has 2 aromatic rings. The third kappa shape index (κ3) is 5.66. The number of hydrogen-bond acceptors (Lipinski definition) is 4. The van der Waals surface area contributed by atoms with Gasteiger partial charge in [-0.05, 0) is 36.2 Å². The van der Waals surface area contributed by atoms with Crippen LogP contribution in [0.3, 0.4) is 0 Å². The van der Waals surface area contributed by atoms with Gasteiger partial charge in [-0.1, -0.05) is 41.4 Å². The van der Waals surface area contributed by atoms with Crippen molar-refractivity contribution >= 4 is 35.1 Å². The number of esters is 1. The van der Waals surface area contributed by atoms with Crippen LogP contribution in [0.2, 0.25) is 10.0 Å². The largest absolute Gasteiger partial charge is 0.496 e. The van der Waals surface area contributed by atoms with E-state index in [1.54, 1.807) is 7.11 Å². The van der Waals surface area contributed by atoms with Gasteiger partial charge in [0.15, 0.2) is 6.61 Å². The molecule has 25 heavy (non-hydrogen) atoms. The zero-order valence-corrected chi connectivity index (χ0v) is 15.1. The lowest BCUT2D eigenvalue weighted by atomic mass is 10.1. The Hall–Kier alpha value is -2.24. The van der Waals surface area contributed by atoms with Crippen LogP contribution in [0.1, 0.15) is 15.9 Å². The molecule has 0 saturated heterocycles. The molecule has 2 aromatic carbocycles. The van der Waals surface area contributed by atoms with E-state index in [0.29, 0.717) is 18.0 Å². The summed E-state index contributed by atoms with van der Waals surface area (Å²) >= 11 is 11.7. The van der Waals surface area contributed by atoms with E-state index in [1.807, 2.05) is 24.3 Å². The minimum Gasteiger partial charge on any atom is -0.496 e. The number of methoxy groups -OCH3 is 1. The summed E-state index contributed by atoms with van der Waals surface area (Å²) in [6.07, 6.45) is 0.604. The van der Waals surface area contributed by atoms with Crippen LogP contribution < -0.4 is 10.1 Å². The van der Waals surface area contributed by atoms with Gasteiger partial charge < -0.3 is 14.8 Å². The summed E-state index contributed by atoms with van der Waals surface area (Å²) in [6, 6.07) is 12.0. The zero-order valence-electron chi connectivity index (χ0n) is 13.6. The molecule has 0 aliphatic carbocycles. The highest BCUT2D eigenvalue weighted by molar-refractivity contribution is 6.36. The lowest BCUT2D eigenvalue weighted by Gasteiger charge is -2.10. The molecule has 0 aliphatic rings. The van der Waals surface area contributed by atoms with Crippen molar-refractivity contribution in [3.63, 3.8) is 0 Å². The molecule has 2 rings (SSSR count). The van der Waals surface area contributed by atoms with Crippen LogP contribution in [0, 0.1) is 0 Å². The number of carbonyl (C=O) groups is 2. The fourth-order valence-corrected chi connectivity index (χ4v) is 2.65. The molecule has 0 aromatic heterocycles. The van der Waals surface area contributed by atoms with Crippen molar-refractivity contribution in [1.82, 2.24) is 5.32 Å². The first-order valence-electron chi connectivity index (χ1n) is 7.52. The van der Waals surface area contributed by atoms with Gasteiger partial charge in [0.2, 0.25) is 0 Å². The lowest BCUT2D eigenvalue weighted by Crippen LogP contribution is -2.30. The molecule has 7 heteroatoms. The van der Waals surface area contributed by atoms with Gasteiger partial charge in [0.05, 0.1) is 17.7 Å². The summed E-state index contributed by atoms with van der Waals surface area (Å²) in [5.41, 5.74) is 1.14. The number of carbonyl (C=O) groups excluding carboxylic acids is 2. The van der Waals surface area contributed by atoms with E-state index in [1.165, 1.54) is 18.2 Å². The summed E-state index contributed by atoms with van der Waals surface area (Å²) in [4.78, 5) is 23.7. The monoisotopic (exact) mass is 381 g/mol. The Labute approximate surface area is 155 Å². The number of nitrogens with one attached hydrogen (secondary N) is 1. The summed E-state index contributed by atoms with van der Waals surface area (Å²) in [7, 11) is 1.60. The average molecular weight is 382 g/mol. The van der Waals surface area contributed by atoms with Crippen molar-refractivity contribution in [2.24, 2.45) is 0 Å². The van der Waals surface area contributed by atoms with Gasteiger partial charge in [0.1, 0.15) is 5.75 Å². The smallest absolute Gasteiger partial charge is 0.340 e. The lowest BCUT2D eigenvalue weighted by molar-refractivity contribution is -0.124. The maximum Gasteiger partial charge on any atom is 0.340 e. The van der Waals surface area contributed by atoms with E-state index >= 15 is 0 Å². The molecule has 0 spiro atoms. The van der Waals surface area contributed by atoms with Crippen molar-refractivity contribution in [1.29, 1.82) is 0 Å². The van der Waals surface area contributed by atoms with Crippen LogP contribution in [-0.2, 0) is 16.0 Å². The number of rotatable bonds is 7. The Morgan fingerprint density at radius 1 is 1.12 bits per heavy atom. The van der Waals surface area contributed by atoms with E-state index in [4.69, 9.17) is 32.7 Å². The Balaban J connectivity index is 1.78. The number of para-hydroxylation sites is 1. The summed E-state index contributed by atoms with van der Waals surface area (Å²) in [5.74, 6) is -0.310. The summed E-state index contributed by atoms with van der Waals surface area (Å²) in [6.45, 7) is 0.0160. The fraction of sp³-hybridized carbons (Fsp3) is 0.222. The topological polar surface area (TPSA) is 64.6 Å². The van der Waals surface area contributed by atoms with Gasteiger partial charge in [-0.25, -0.2) is 4.79 Å². The number of ether oxygens (including phenoxy) is 2. The molecule has 0 aliphatic heterocycles. The summed E-state index contributed by atoms with van der Waals surface area (Å²) in [5, 5.41) is 3.27. The maximum atomic E-state index is 11.9. The average Bonchev–Trinajstić information content (AvgIpc) is 2.60. The van der Waals surface area contributed by atoms with Gasteiger partial charge in [-0.2, -0.15) is 0 Å². The number of halogens is 2. The Kier molecular flexibility index (Phi) is 7.10. The molecule has 0 saturated carbocycles. The minimum atomic E-state index is -0.679. The highest BCUT2D eigenvalue weighted by Crippen LogP contribution is 2.21. The van der Waals surface area contributed by atoms with Crippen LogP contribution in [0.25, 0.3) is 0 Å². The van der Waals surface area contributed by atoms with E-state index < -0.39 is 11.9 Å². The molecule has 0 unspecified atom stereocenters. The quantitative estimate of drug-likeness (QED) is 0.745. The van der Waals surface area contributed by atoms with Gasteiger partial charge in [-0.3, -0.25) is 4.79 Å². The van der Waals surface area contributed by atoms with Crippen LogP contribution in [0.15, 0.2) is 42.5 Å². The molecule has 0 radical (unpaired) electrons. The third-order valence-corrected chi connectivity index (χ3v) is 3.94. The molecule has 0 bridgehead atoms. The molecule has 132 valence electrons. The van der Waals surface area contributed by atoms with Gasteiger partial charge >= 0.3 is 5.97 Å². The highest BCUT2D eigenvalue weighted by Gasteiger charge is 2.14. The van der Waals surface area contributed by atoms with Crippen LogP contribution >= 0.6 is 23.2 Å². The van der Waals surface area contributed by atoms with Crippen molar-refractivity contribution in [2.75, 3.05) is 20.3 Å². The number of benzene rings is 2. The van der Waals surface area contributed by atoms with Crippen molar-refractivity contribution in [2.45, 2.75) is 6.42 Å². The highest BCUT2D eigenvalue weighted by atomic mass is 35.5. The first-order chi connectivity index (χ1) is 12.0. The molecule has 0 heterocycles. The second-order valence-corrected chi connectivity index (χ2v) is 5.96. The first-order valence-corrected chi connectivity index (χ1v) is 8.27. The molecule has 1 N–H and O–H groups in total. The number of amides is 1. The number of hydrogen-bond donors (Lipinski definition) is 1. The van der Waals surface area contributed by atoms with Crippen molar-refractivity contribution < 1.29 is 19.1 Å². The molecular formula is C18H17Cl2NO4. The second kappa shape index (κ2) is 9.30. The van der Waals surface area contributed by atoms with E-state index in [-0.39, 0.29) is 17.2 Å². The maximum absolute atomic E-state index is 11.9. The minimum absolute atomic E-state index is 0.160. The first kappa shape index (κ1) is 19.1. The molecular weight excluding hydrogens is 365 g/mol. The fourth-order valence-electron chi connectivity index (χ4n) is 2.16.